The number of rotatable bonds is 4. The third-order valence-corrected chi connectivity index (χ3v) is 5.63. The van der Waals surface area contributed by atoms with Crippen molar-refractivity contribution in [3.8, 4) is 12.3 Å². The summed E-state index contributed by atoms with van der Waals surface area (Å²) >= 11 is 0. The highest BCUT2D eigenvalue weighted by Crippen LogP contribution is 2.36. The molecule has 2 fully saturated rings. The summed E-state index contributed by atoms with van der Waals surface area (Å²) in [5.41, 5.74) is 1.07. The molecule has 2 aliphatic rings. The van der Waals surface area contributed by atoms with Gasteiger partial charge in [-0.1, -0.05) is 56.6 Å². The smallest absolute Gasteiger partial charge is 0.123 e. The number of terminal acetylenes is 1. The van der Waals surface area contributed by atoms with Crippen molar-refractivity contribution < 1.29 is 4.39 Å². The lowest BCUT2D eigenvalue weighted by atomic mass is 9.86. The molecular formula is C21H28FN. The average molecular weight is 313 g/mol. The van der Waals surface area contributed by atoms with Gasteiger partial charge in [0.15, 0.2) is 0 Å². The SMILES string of the molecule is C#CC(c1ccc(F)cc1)N(C1CCCCC1)C1CCCCC1. The fourth-order valence-electron chi connectivity index (χ4n) is 4.48. The van der Waals surface area contributed by atoms with Crippen molar-refractivity contribution in [3.05, 3.63) is 35.6 Å². The molecule has 2 saturated carbocycles. The molecular weight excluding hydrogens is 285 g/mol. The molecule has 0 saturated heterocycles. The van der Waals surface area contributed by atoms with E-state index in [0.717, 1.165) is 5.56 Å². The van der Waals surface area contributed by atoms with Crippen LogP contribution in [-0.2, 0) is 0 Å². The number of nitrogens with zero attached hydrogens (tertiary/aromatic N) is 1. The fourth-order valence-corrected chi connectivity index (χ4v) is 4.48. The van der Waals surface area contributed by atoms with Crippen molar-refractivity contribution in [3.63, 3.8) is 0 Å². The summed E-state index contributed by atoms with van der Waals surface area (Å²) in [7, 11) is 0. The van der Waals surface area contributed by atoms with Crippen LogP contribution in [0.5, 0.6) is 0 Å². The van der Waals surface area contributed by atoms with Crippen LogP contribution < -0.4 is 0 Å². The van der Waals surface area contributed by atoms with Crippen LogP contribution in [0.1, 0.15) is 75.8 Å². The molecule has 1 aromatic rings. The molecule has 0 radical (unpaired) electrons. The molecule has 0 spiro atoms. The molecule has 2 aliphatic carbocycles. The normalized spacial score (nSPS) is 22.0. The Morgan fingerprint density at radius 2 is 1.35 bits per heavy atom. The first-order chi connectivity index (χ1) is 11.3. The molecule has 2 heteroatoms. The van der Waals surface area contributed by atoms with Crippen molar-refractivity contribution in [1.29, 1.82) is 0 Å². The Kier molecular flexibility index (Phi) is 5.73. The van der Waals surface area contributed by atoms with E-state index in [4.69, 9.17) is 6.42 Å². The van der Waals surface area contributed by atoms with Crippen LogP contribution in [0.3, 0.4) is 0 Å². The van der Waals surface area contributed by atoms with Gasteiger partial charge in [0.05, 0.1) is 6.04 Å². The summed E-state index contributed by atoms with van der Waals surface area (Å²) in [5, 5.41) is 0. The zero-order chi connectivity index (χ0) is 16.1. The highest BCUT2D eigenvalue weighted by molar-refractivity contribution is 5.27. The summed E-state index contributed by atoms with van der Waals surface area (Å²) < 4.78 is 13.3. The van der Waals surface area contributed by atoms with Gasteiger partial charge in [-0.05, 0) is 43.4 Å². The molecule has 1 atom stereocenters. The highest BCUT2D eigenvalue weighted by atomic mass is 19.1. The molecule has 0 N–H and O–H groups in total. The molecule has 0 aromatic heterocycles. The minimum absolute atomic E-state index is 0.0122. The van der Waals surface area contributed by atoms with E-state index in [9.17, 15) is 4.39 Å². The maximum Gasteiger partial charge on any atom is 0.123 e. The van der Waals surface area contributed by atoms with Gasteiger partial charge in [-0.3, -0.25) is 4.90 Å². The van der Waals surface area contributed by atoms with Crippen LogP contribution in [0.25, 0.3) is 0 Å². The lowest BCUT2D eigenvalue weighted by Gasteiger charge is -2.44. The van der Waals surface area contributed by atoms with Crippen molar-refractivity contribution in [2.75, 3.05) is 0 Å². The highest BCUT2D eigenvalue weighted by Gasteiger charge is 2.33. The molecule has 0 amide bonds. The third kappa shape index (κ3) is 3.96. The molecule has 0 bridgehead atoms. The summed E-state index contributed by atoms with van der Waals surface area (Å²) in [5.74, 6) is 2.85. The second-order valence-electron chi connectivity index (χ2n) is 7.15. The molecule has 1 aromatic carbocycles. The number of halogens is 1. The lowest BCUT2D eigenvalue weighted by Crippen LogP contribution is -2.46. The van der Waals surface area contributed by atoms with Crippen LogP contribution in [-0.4, -0.2) is 17.0 Å². The van der Waals surface area contributed by atoms with Gasteiger partial charge in [-0.25, -0.2) is 4.39 Å². The molecule has 1 unspecified atom stereocenters. The topological polar surface area (TPSA) is 3.24 Å². The van der Waals surface area contributed by atoms with E-state index >= 15 is 0 Å². The molecule has 1 nitrogen and oxygen atoms in total. The molecule has 0 aliphatic heterocycles. The van der Waals surface area contributed by atoms with Crippen LogP contribution in [0, 0.1) is 18.2 Å². The molecule has 23 heavy (non-hydrogen) atoms. The Morgan fingerprint density at radius 3 is 1.78 bits per heavy atom. The van der Waals surface area contributed by atoms with Gasteiger partial charge in [0, 0.05) is 12.1 Å². The lowest BCUT2D eigenvalue weighted by molar-refractivity contribution is 0.0579. The zero-order valence-electron chi connectivity index (χ0n) is 14.0. The minimum atomic E-state index is -0.189. The van der Waals surface area contributed by atoms with Gasteiger partial charge in [-0.2, -0.15) is 0 Å². The molecule has 3 rings (SSSR count). The number of hydrogen-bond donors (Lipinski definition) is 0. The fraction of sp³-hybridized carbons (Fsp3) is 0.619. The van der Waals surface area contributed by atoms with Crippen molar-refractivity contribution >= 4 is 0 Å². The predicted molar refractivity (Wildman–Crippen MR) is 93.6 cm³/mol. The van der Waals surface area contributed by atoms with Gasteiger partial charge in [-0.15, -0.1) is 6.42 Å². The summed E-state index contributed by atoms with van der Waals surface area (Å²) in [6, 6.07) is 8.01. The van der Waals surface area contributed by atoms with E-state index in [-0.39, 0.29) is 11.9 Å². The van der Waals surface area contributed by atoms with E-state index in [1.807, 2.05) is 12.1 Å². The Labute approximate surface area is 140 Å². The van der Waals surface area contributed by atoms with E-state index in [2.05, 4.69) is 10.8 Å². The van der Waals surface area contributed by atoms with E-state index < -0.39 is 0 Å². The third-order valence-electron chi connectivity index (χ3n) is 5.63. The van der Waals surface area contributed by atoms with Crippen LogP contribution in [0.4, 0.5) is 4.39 Å². The first-order valence-electron chi connectivity index (χ1n) is 9.28. The number of benzene rings is 1. The average Bonchev–Trinajstić information content (AvgIpc) is 2.62. The zero-order valence-corrected chi connectivity index (χ0v) is 14.0. The quantitative estimate of drug-likeness (QED) is 0.666. The summed E-state index contributed by atoms with van der Waals surface area (Å²) in [6.07, 6.45) is 19.0. The van der Waals surface area contributed by atoms with Gasteiger partial charge < -0.3 is 0 Å². The van der Waals surface area contributed by atoms with Gasteiger partial charge >= 0.3 is 0 Å². The van der Waals surface area contributed by atoms with Crippen LogP contribution in [0.15, 0.2) is 24.3 Å². The molecule has 0 heterocycles. The van der Waals surface area contributed by atoms with Crippen molar-refractivity contribution in [2.24, 2.45) is 0 Å². The van der Waals surface area contributed by atoms with E-state index in [1.165, 1.54) is 64.2 Å². The predicted octanol–water partition coefficient (Wildman–Crippen LogP) is 5.47. The first kappa shape index (κ1) is 16.5. The maximum absolute atomic E-state index is 13.3. The van der Waals surface area contributed by atoms with Crippen LogP contribution in [0.2, 0.25) is 0 Å². The number of hydrogen-bond acceptors (Lipinski definition) is 1. The van der Waals surface area contributed by atoms with Crippen molar-refractivity contribution in [2.45, 2.75) is 82.3 Å². The maximum atomic E-state index is 13.3. The Bertz CT molecular complexity index is 500. The van der Waals surface area contributed by atoms with Crippen molar-refractivity contribution in [1.82, 2.24) is 4.90 Å². The van der Waals surface area contributed by atoms with E-state index in [0.29, 0.717) is 12.1 Å². The second-order valence-corrected chi connectivity index (χ2v) is 7.15. The largest absolute Gasteiger partial charge is 0.280 e. The Hall–Kier alpha value is -1.33. The Balaban J connectivity index is 1.87. The second kappa shape index (κ2) is 7.97. The minimum Gasteiger partial charge on any atom is -0.280 e. The molecule has 124 valence electrons. The summed E-state index contributed by atoms with van der Waals surface area (Å²) in [4.78, 5) is 2.63. The Morgan fingerprint density at radius 1 is 0.870 bits per heavy atom. The van der Waals surface area contributed by atoms with Gasteiger partial charge in [0.25, 0.3) is 0 Å². The van der Waals surface area contributed by atoms with Gasteiger partial charge in [0.2, 0.25) is 0 Å². The standard InChI is InChI=1S/C21H28FN/c1-2-21(17-13-15-18(22)16-14-17)23(19-9-5-3-6-10-19)20-11-7-4-8-12-20/h1,13-16,19-21H,3-12H2. The monoisotopic (exact) mass is 313 g/mol. The first-order valence-corrected chi connectivity index (χ1v) is 9.28. The van der Waals surface area contributed by atoms with E-state index in [1.54, 1.807) is 12.1 Å². The van der Waals surface area contributed by atoms with Gasteiger partial charge in [0.1, 0.15) is 5.82 Å². The van der Waals surface area contributed by atoms with Crippen LogP contribution >= 0.6 is 0 Å². The summed E-state index contributed by atoms with van der Waals surface area (Å²) in [6.45, 7) is 0.